The molecular weight excluding hydrogens is 294 g/mol. The zero-order valence-corrected chi connectivity index (χ0v) is 12.9. The number of hydrogen-bond acceptors (Lipinski definition) is 6. The van der Waals surface area contributed by atoms with E-state index in [2.05, 4.69) is 12.2 Å². The third kappa shape index (κ3) is 5.68. The molecule has 8 heteroatoms. The molecule has 1 aromatic rings. The maximum absolute atomic E-state index is 11.0. The molecule has 0 bridgehead atoms. The Morgan fingerprint density at radius 1 is 1.29 bits per heavy atom. The van der Waals surface area contributed by atoms with E-state index >= 15 is 0 Å². The van der Waals surface area contributed by atoms with E-state index < -0.39 is 9.85 Å². The standard InChI is InChI=1S/C13H19N3O4S/c1-3-21-7-6-10(2)14-9-11-4-5-12(15(17)18)8-13(11)16(19)20/h4-5,8,10,14H,3,6-7,9H2,1-2H3. The lowest BCUT2D eigenvalue weighted by Gasteiger charge is -2.13. The summed E-state index contributed by atoms with van der Waals surface area (Å²) in [5.41, 5.74) is -0.0229. The van der Waals surface area contributed by atoms with Crippen LogP contribution in [0.1, 0.15) is 25.8 Å². The number of nitro groups is 2. The lowest BCUT2D eigenvalue weighted by molar-refractivity contribution is -0.394. The molecule has 1 aromatic carbocycles. The lowest BCUT2D eigenvalue weighted by Crippen LogP contribution is -2.26. The fourth-order valence-corrected chi connectivity index (χ4v) is 2.58. The summed E-state index contributed by atoms with van der Waals surface area (Å²) in [5.74, 6) is 2.10. The summed E-state index contributed by atoms with van der Waals surface area (Å²) in [6.07, 6.45) is 0.972. The Morgan fingerprint density at radius 2 is 2.00 bits per heavy atom. The quantitative estimate of drug-likeness (QED) is 0.427. The smallest absolute Gasteiger partial charge is 0.280 e. The first-order valence-corrected chi connectivity index (χ1v) is 7.84. The number of nitro benzene ring substituents is 2. The number of nitrogens with one attached hydrogen (secondary N) is 1. The molecule has 1 atom stereocenters. The molecule has 0 fully saturated rings. The van der Waals surface area contributed by atoms with E-state index in [-0.39, 0.29) is 17.4 Å². The van der Waals surface area contributed by atoms with Crippen molar-refractivity contribution in [1.82, 2.24) is 5.32 Å². The van der Waals surface area contributed by atoms with Gasteiger partial charge in [0.1, 0.15) is 0 Å². The second-order valence-corrected chi connectivity index (χ2v) is 5.99. The summed E-state index contributed by atoms with van der Waals surface area (Å²) in [5, 5.41) is 24.9. The number of thioether (sulfide) groups is 1. The van der Waals surface area contributed by atoms with Crippen molar-refractivity contribution in [3.63, 3.8) is 0 Å². The first-order chi connectivity index (χ1) is 9.95. The zero-order valence-electron chi connectivity index (χ0n) is 12.1. The maximum atomic E-state index is 11.0. The van der Waals surface area contributed by atoms with Gasteiger partial charge < -0.3 is 5.32 Å². The molecule has 0 radical (unpaired) electrons. The molecule has 116 valence electrons. The SMILES string of the molecule is CCSCCC(C)NCc1ccc([N+](=O)[O-])cc1[N+](=O)[O-]. The highest BCUT2D eigenvalue weighted by Crippen LogP contribution is 2.24. The van der Waals surface area contributed by atoms with Gasteiger partial charge in [0, 0.05) is 24.2 Å². The Labute approximate surface area is 127 Å². The fourth-order valence-electron chi connectivity index (χ4n) is 1.78. The van der Waals surface area contributed by atoms with Crippen molar-refractivity contribution in [3.8, 4) is 0 Å². The van der Waals surface area contributed by atoms with E-state index in [1.165, 1.54) is 12.1 Å². The average Bonchev–Trinajstić information content (AvgIpc) is 2.45. The van der Waals surface area contributed by atoms with E-state index in [4.69, 9.17) is 0 Å². The Balaban J connectivity index is 2.70. The van der Waals surface area contributed by atoms with Gasteiger partial charge in [-0.25, -0.2) is 0 Å². The van der Waals surface area contributed by atoms with E-state index in [1.807, 2.05) is 18.7 Å². The van der Waals surface area contributed by atoms with Gasteiger partial charge in [-0.2, -0.15) is 11.8 Å². The van der Waals surface area contributed by atoms with Crippen LogP contribution in [0.15, 0.2) is 18.2 Å². The van der Waals surface area contributed by atoms with Crippen molar-refractivity contribution in [2.75, 3.05) is 11.5 Å². The lowest BCUT2D eigenvalue weighted by atomic mass is 10.1. The Hall–Kier alpha value is -1.67. The van der Waals surface area contributed by atoms with E-state index in [1.54, 1.807) is 0 Å². The predicted molar refractivity (Wildman–Crippen MR) is 83.7 cm³/mol. The van der Waals surface area contributed by atoms with Gasteiger partial charge in [-0.3, -0.25) is 20.2 Å². The van der Waals surface area contributed by atoms with Crippen LogP contribution >= 0.6 is 11.8 Å². The largest absolute Gasteiger partial charge is 0.310 e. The molecular formula is C13H19N3O4S. The summed E-state index contributed by atoms with van der Waals surface area (Å²) in [7, 11) is 0. The third-order valence-corrected chi connectivity index (χ3v) is 3.95. The molecule has 0 aliphatic heterocycles. The van der Waals surface area contributed by atoms with Crippen LogP contribution in [0.2, 0.25) is 0 Å². The van der Waals surface area contributed by atoms with E-state index in [9.17, 15) is 20.2 Å². The monoisotopic (exact) mass is 313 g/mol. The molecule has 1 rings (SSSR count). The van der Waals surface area contributed by atoms with Crippen LogP contribution in [-0.2, 0) is 6.54 Å². The van der Waals surface area contributed by atoms with Crippen LogP contribution in [0.4, 0.5) is 11.4 Å². The predicted octanol–water partition coefficient (Wildman–Crippen LogP) is 3.12. The Kier molecular flexibility index (Phi) is 7.10. The van der Waals surface area contributed by atoms with Gasteiger partial charge in [0.05, 0.1) is 15.9 Å². The van der Waals surface area contributed by atoms with Gasteiger partial charge in [0.25, 0.3) is 11.4 Å². The molecule has 7 nitrogen and oxygen atoms in total. The molecule has 0 saturated carbocycles. The number of benzene rings is 1. The minimum absolute atomic E-state index is 0.216. The molecule has 0 aliphatic carbocycles. The van der Waals surface area contributed by atoms with Crippen molar-refractivity contribution in [1.29, 1.82) is 0 Å². The number of rotatable bonds is 9. The van der Waals surface area contributed by atoms with E-state index in [0.717, 1.165) is 24.0 Å². The normalized spacial score (nSPS) is 12.1. The maximum Gasteiger partial charge on any atom is 0.280 e. The van der Waals surface area contributed by atoms with Crippen molar-refractivity contribution in [2.24, 2.45) is 0 Å². The molecule has 1 unspecified atom stereocenters. The first kappa shape index (κ1) is 17.4. The van der Waals surface area contributed by atoms with Crippen LogP contribution in [-0.4, -0.2) is 27.4 Å². The second kappa shape index (κ2) is 8.58. The van der Waals surface area contributed by atoms with Gasteiger partial charge >= 0.3 is 0 Å². The summed E-state index contributed by atoms with van der Waals surface area (Å²) in [4.78, 5) is 20.5. The minimum atomic E-state index is -0.630. The molecule has 21 heavy (non-hydrogen) atoms. The van der Waals surface area contributed by atoms with Gasteiger partial charge in [0.2, 0.25) is 0 Å². The highest BCUT2D eigenvalue weighted by molar-refractivity contribution is 7.99. The highest BCUT2D eigenvalue weighted by Gasteiger charge is 2.19. The molecule has 0 aromatic heterocycles. The zero-order chi connectivity index (χ0) is 15.8. The molecule has 0 amide bonds. The second-order valence-electron chi connectivity index (χ2n) is 4.59. The Bertz CT molecular complexity index is 510. The Morgan fingerprint density at radius 3 is 2.57 bits per heavy atom. The van der Waals surface area contributed by atoms with E-state index in [0.29, 0.717) is 12.1 Å². The summed E-state index contributed by atoms with van der Waals surface area (Å²) >= 11 is 1.85. The van der Waals surface area contributed by atoms with Gasteiger partial charge in [0.15, 0.2) is 0 Å². The van der Waals surface area contributed by atoms with Crippen LogP contribution in [0.5, 0.6) is 0 Å². The van der Waals surface area contributed by atoms with Gasteiger partial charge in [-0.05, 0) is 30.9 Å². The molecule has 0 spiro atoms. The first-order valence-electron chi connectivity index (χ1n) is 6.68. The fraction of sp³-hybridized carbons (Fsp3) is 0.538. The third-order valence-electron chi connectivity index (χ3n) is 3.02. The van der Waals surface area contributed by atoms with Crippen molar-refractivity contribution in [3.05, 3.63) is 44.0 Å². The summed E-state index contributed by atoms with van der Waals surface area (Å²) in [6, 6.07) is 3.98. The topological polar surface area (TPSA) is 98.3 Å². The number of nitrogens with zero attached hydrogens (tertiary/aromatic N) is 2. The van der Waals surface area contributed by atoms with Gasteiger partial charge in [-0.15, -0.1) is 0 Å². The molecule has 1 N–H and O–H groups in total. The minimum Gasteiger partial charge on any atom is -0.310 e. The van der Waals surface area contributed by atoms with Gasteiger partial charge in [-0.1, -0.05) is 6.92 Å². The average molecular weight is 313 g/mol. The number of hydrogen-bond donors (Lipinski definition) is 1. The summed E-state index contributed by atoms with van der Waals surface area (Å²) < 4.78 is 0. The van der Waals surface area contributed by atoms with Crippen molar-refractivity contribution < 1.29 is 9.85 Å². The number of non-ortho nitro benzene ring substituents is 1. The molecule has 0 heterocycles. The van der Waals surface area contributed by atoms with Crippen LogP contribution in [0, 0.1) is 20.2 Å². The van der Waals surface area contributed by atoms with Crippen LogP contribution in [0.3, 0.4) is 0 Å². The highest BCUT2D eigenvalue weighted by atomic mass is 32.2. The van der Waals surface area contributed by atoms with Crippen molar-refractivity contribution in [2.45, 2.75) is 32.9 Å². The van der Waals surface area contributed by atoms with Crippen molar-refractivity contribution >= 4 is 23.1 Å². The molecule has 0 saturated heterocycles. The summed E-state index contributed by atoms with van der Waals surface area (Å²) in [6.45, 7) is 4.45. The van der Waals surface area contributed by atoms with Crippen LogP contribution in [0.25, 0.3) is 0 Å². The molecule has 0 aliphatic rings. The van der Waals surface area contributed by atoms with Crippen LogP contribution < -0.4 is 5.32 Å².